The average molecular weight is 311 g/mol. The summed E-state index contributed by atoms with van der Waals surface area (Å²) in [5.41, 5.74) is 11.9. The normalized spacial score (nSPS) is 17.6. The molecule has 0 unspecified atom stereocenters. The number of esters is 1. The number of piperidine rings is 1. The first-order chi connectivity index (χ1) is 9.76. The number of thiophene rings is 1. The molecule has 0 saturated carbocycles. The van der Waals surface area contributed by atoms with Crippen molar-refractivity contribution in [2.75, 3.05) is 30.8 Å². The van der Waals surface area contributed by atoms with Gasteiger partial charge in [0.25, 0.3) is 5.91 Å². The predicted octanol–water partition coefficient (Wildman–Crippen LogP) is 1.84. The maximum atomic E-state index is 11.8. The molecule has 1 aliphatic rings. The molecule has 6 nitrogen and oxygen atoms in total. The molecule has 0 radical (unpaired) electrons. The zero-order valence-electron chi connectivity index (χ0n) is 12.6. The van der Waals surface area contributed by atoms with E-state index in [0.717, 1.165) is 25.9 Å². The monoisotopic (exact) mass is 311 g/mol. The maximum absolute atomic E-state index is 11.8. The summed E-state index contributed by atoms with van der Waals surface area (Å²) < 4.78 is 4.71. The van der Waals surface area contributed by atoms with Crippen molar-refractivity contribution in [1.82, 2.24) is 0 Å². The highest BCUT2D eigenvalue weighted by Gasteiger charge is 2.32. The summed E-state index contributed by atoms with van der Waals surface area (Å²) in [6.07, 6.45) is 2.15. The van der Waals surface area contributed by atoms with Crippen LogP contribution in [0.3, 0.4) is 0 Å². The number of nitrogen functional groups attached to an aromatic ring is 1. The molecular weight excluding hydrogens is 290 g/mol. The number of nitrogens with two attached hydrogens (primary N) is 2. The summed E-state index contributed by atoms with van der Waals surface area (Å²) in [4.78, 5) is 25.8. The molecule has 0 bridgehead atoms. The Balaban J connectivity index is 2.47. The van der Waals surface area contributed by atoms with Crippen LogP contribution in [-0.4, -0.2) is 32.1 Å². The number of hydrogen-bond acceptors (Lipinski definition) is 6. The Bertz CT molecular complexity index is 580. The third-order valence-corrected chi connectivity index (χ3v) is 4.98. The molecule has 1 saturated heterocycles. The van der Waals surface area contributed by atoms with E-state index in [-0.39, 0.29) is 21.5 Å². The molecule has 1 aromatic rings. The highest BCUT2D eigenvalue weighted by molar-refractivity contribution is 7.19. The number of hydrogen-bond donors (Lipinski definition) is 2. The van der Waals surface area contributed by atoms with Crippen molar-refractivity contribution < 1.29 is 14.3 Å². The molecule has 7 heteroatoms. The lowest BCUT2D eigenvalue weighted by Gasteiger charge is -2.39. The number of amides is 1. The number of carbonyl (C=O) groups is 2. The Kier molecular flexibility index (Phi) is 4.13. The first kappa shape index (κ1) is 15.6. The van der Waals surface area contributed by atoms with Gasteiger partial charge >= 0.3 is 5.97 Å². The van der Waals surface area contributed by atoms with Gasteiger partial charge in [-0.15, -0.1) is 11.3 Å². The van der Waals surface area contributed by atoms with E-state index >= 15 is 0 Å². The van der Waals surface area contributed by atoms with Gasteiger partial charge in [0.1, 0.15) is 9.88 Å². The van der Waals surface area contributed by atoms with E-state index in [2.05, 4.69) is 18.7 Å². The Morgan fingerprint density at radius 2 is 2.05 bits per heavy atom. The van der Waals surface area contributed by atoms with Crippen molar-refractivity contribution in [1.29, 1.82) is 0 Å². The third-order valence-electron chi connectivity index (χ3n) is 3.73. The smallest absolute Gasteiger partial charge is 0.350 e. The summed E-state index contributed by atoms with van der Waals surface area (Å²) in [6, 6.07) is 0. The predicted molar refractivity (Wildman–Crippen MR) is 83.8 cm³/mol. The van der Waals surface area contributed by atoms with E-state index in [1.807, 2.05) is 0 Å². The van der Waals surface area contributed by atoms with Crippen LogP contribution in [0.5, 0.6) is 0 Å². The van der Waals surface area contributed by atoms with Gasteiger partial charge in [0, 0.05) is 13.1 Å². The number of rotatable bonds is 3. The molecule has 2 heterocycles. The van der Waals surface area contributed by atoms with Crippen LogP contribution in [0, 0.1) is 5.41 Å². The molecule has 0 aromatic carbocycles. The molecule has 2 rings (SSSR count). The summed E-state index contributed by atoms with van der Waals surface area (Å²) in [5.74, 6) is -1.15. The van der Waals surface area contributed by atoms with Gasteiger partial charge in [0.05, 0.1) is 18.4 Å². The summed E-state index contributed by atoms with van der Waals surface area (Å²) in [5, 5.41) is 0.674. The van der Waals surface area contributed by atoms with Gasteiger partial charge in [-0.05, 0) is 18.3 Å². The molecule has 1 amide bonds. The fraction of sp³-hybridized carbons (Fsp3) is 0.571. The van der Waals surface area contributed by atoms with Crippen LogP contribution in [0.15, 0.2) is 0 Å². The van der Waals surface area contributed by atoms with Gasteiger partial charge in [0.2, 0.25) is 0 Å². The molecule has 116 valence electrons. The summed E-state index contributed by atoms with van der Waals surface area (Å²) in [6.45, 7) is 5.99. The zero-order valence-corrected chi connectivity index (χ0v) is 13.4. The van der Waals surface area contributed by atoms with E-state index in [1.54, 1.807) is 0 Å². The Morgan fingerprint density at radius 3 is 2.57 bits per heavy atom. The fourth-order valence-electron chi connectivity index (χ4n) is 2.73. The zero-order chi connectivity index (χ0) is 15.8. The van der Waals surface area contributed by atoms with Crippen LogP contribution in [0.4, 0.5) is 10.7 Å². The number of nitrogens with zero attached hydrogens (tertiary/aromatic N) is 1. The van der Waals surface area contributed by atoms with Gasteiger partial charge in [-0.2, -0.15) is 0 Å². The van der Waals surface area contributed by atoms with Crippen molar-refractivity contribution in [3.05, 3.63) is 10.4 Å². The highest BCUT2D eigenvalue weighted by Crippen LogP contribution is 2.41. The minimum absolute atomic E-state index is 0.123. The standard InChI is InChI=1S/C14H21N3O3S/c1-14(2)5-4-6-17(7-14)12-8(11(16)18)9(15)10(21-12)13(19)20-3/h4-7,15H2,1-3H3,(H2,16,18). The maximum Gasteiger partial charge on any atom is 0.350 e. The fourth-order valence-corrected chi connectivity index (χ4v) is 3.90. The van der Waals surface area contributed by atoms with Gasteiger partial charge in [-0.25, -0.2) is 4.79 Å². The Labute approximate surface area is 128 Å². The summed E-state index contributed by atoms with van der Waals surface area (Å²) >= 11 is 1.18. The second-order valence-electron chi connectivity index (χ2n) is 6.07. The number of primary amides is 1. The minimum atomic E-state index is -0.614. The molecule has 4 N–H and O–H groups in total. The van der Waals surface area contributed by atoms with Crippen LogP contribution in [0.2, 0.25) is 0 Å². The molecule has 1 aliphatic heterocycles. The van der Waals surface area contributed by atoms with Crippen LogP contribution >= 0.6 is 11.3 Å². The number of carbonyl (C=O) groups excluding carboxylic acids is 2. The van der Waals surface area contributed by atoms with E-state index in [0.29, 0.717) is 5.00 Å². The topological polar surface area (TPSA) is 98.6 Å². The van der Waals surface area contributed by atoms with Crippen molar-refractivity contribution in [3.8, 4) is 0 Å². The minimum Gasteiger partial charge on any atom is -0.465 e. The van der Waals surface area contributed by atoms with E-state index in [1.165, 1.54) is 18.4 Å². The molecular formula is C14H21N3O3S. The lowest BCUT2D eigenvalue weighted by molar-refractivity contribution is 0.0607. The largest absolute Gasteiger partial charge is 0.465 e. The SMILES string of the molecule is COC(=O)c1sc(N2CCCC(C)(C)C2)c(C(N)=O)c1N. The van der Waals surface area contributed by atoms with Crippen LogP contribution in [0.1, 0.15) is 46.7 Å². The quantitative estimate of drug-likeness (QED) is 0.830. The van der Waals surface area contributed by atoms with Crippen LogP contribution in [0.25, 0.3) is 0 Å². The van der Waals surface area contributed by atoms with Crippen molar-refractivity contribution in [2.24, 2.45) is 11.1 Å². The molecule has 0 aliphatic carbocycles. The van der Waals surface area contributed by atoms with E-state index < -0.39 is 11.9 Å². The molecule has 0 spiro atoms. The van der Waals surface area contributed by atoms with Crippen LogP contribution < -0.4 is 16.4 Å². The van der Waals surface area contributed by atoms with E-state index in [4.69, 9.17) is 16.2 Å². The van der Waals surface area contributed by atoms with Crippen molar-refractivity contribution in [3.63, 3.8) is 0 Å². The first-order valence-corrected chi connectivity index (χ1v) is 7.64. The Morgan fingerprint density at radius 1 is 1.38 bits per heavy atom. The van der Waals surface area contributed by atoms with E-state index in [9.17, 15) is 9.59 Å². The lowest BCUT2D eigenvalue weighted by Crippen LogP contribution is -2.40. The Hall–Kier alpha value is -1.76. The number of anilines is 2. The van der Waals surface area contributed by atoms with Gasteiger partial charge in [-0.1, -0.05) is 13.8 Å². The van der Waals surface area contributed by atoms with Gasteiger partial charge in [-0.3, -0.25) is 4.79 Å². The first-order valence-electron chi connectivity index (χ1n) is 6.82. The molecule has 1 aromatic heterocycles. The molecule has 1 fully saturated rings. The summed E-state index contributed by atoms with van der Waals surface area (Å²) in [7, 11) is 1.29. The van der Waals surface area contributed by atoms with Crippen LogP contribution in [-0.2, 0) is 4.74 Å². The molecule has 0 atom stereocenters. The second-order valence-corrected chi connectivity index (χ2v) is 7.07. The van der Waals surface area contributed by atoms with Gasteiger partial charge in [0.15, 0.2) is 0 Å². The lowest BCUT2D eigenvalue weighted by atomic mass is 9.84. The third kappa shape index (κ3) is 2.97. The van der Waals surface area contributed by atoms with Crippen molar-refractivity contribution >= 4 is 33.9 Å². The number of ether oxygens (including phenoxy) is 1. The van der Waals surface area contributed by atoms with Gasteiger partial charge < -0.3 is 21.1 Å². The van der Waals surface area contributed by atoms with Crippen molar-refractivity contribution in [2.45, 2.75) is 26.7 Å². The number of methoxy groups -OCH3 is 1. The second kappa shape index (κ2) is 5.55. The average Bonchev–Trinajstić information content (AvgIpc) is 2.74. The molecule has 21 heavy (non-hydrogen) atoms. The highest BCUT2D eigenvalue weighted by atomic mass is 32.1.